The number of halogens is 5. The zero-order chi connectivity index (χ0) is 9.56. The van der Waals surface area contributed by atoms with Crippen LogP contribution in [0, 0.1) is 0 Å². The first-order chi connectivity index (χ1) is 5.63. The van der Waals surface area contributed by atoms with Crippen LogP contribution in [-0.2, 0) is 0 Å². The molecule has 1 aromatic rings. The second-order valence-corrected chi connectivity index (χ2v) is 3.64. The van der Waals surface area contributed by atoms with Crippen molar-refractivity contribution < 1.29 is 0 Å². The van der Waals surface area contributed by atoms with Crippen molar-refractivity contribution >= 4 is 58.0 Å². The number of hydrogen-bond donors (Lipinski definition) is 0. The van der Waals surface area contributed by atoms with Crippen LogP contribution >= 0.6 is 58.0 Å². The predicted molar refractivity (Wildman–Crippen MR) is 58.0 cm³/mol. The van der Waals surface area contributed by atoms with Gasteiger partial charge in [0, 0.05) is 0 Å². The summed E-state index contributed by atoms with van der Waals surface area (Å²) in [6.45, 7) is 0. The van der Waals surface area contributed by atoms with E-state index in [1.54, 1.807) is 18.2 Å². The minimum absolute atomic E-state index is 0.194. The normalized spacial score (nSPS) is 8.75. The first kappa shape index (κ1) is 12.7. The predicted octanol–water partition coefficient (Wildman–Crippen LogP) is 5.07. The highest BCUT2D eigenvalue weighted by Crippen LogP contribution is 2.28. The van der Waals surface area contributed by atoms with Crippen LogP contribution < -0.4 is 0 Å². The fourth-order valence-electron chi connectivity index (χ4n) is 0.477. The van der Waals surface area contributed by atoms with E-state index in [9.17, 15) is 0 Å². The van der Waals surface area contributed by atoms with Gasteiger partial charge in [0.25, 0.3) is 0 Å². The summed E-state index contributed by atoms with van der Waals surface area (Å²) in [5.41, 5.74) is 0. The summed E-state index contributed by atoms with van der Waals surface area (Å²) < 4.78 is 0. The van der Waals surface area contributed by atoms with Crippen molar-refractivity contribution in [3.05, 3.63) is 33.3 Å². The van der Waals surface area contributed by atoms with Crippen molar-refractivity contribution in [2.75, 3.05) is 5.34 Å². The molecule has 0 aliphatic heterocycles. The standard InChI is InChI=1S/C6H3Cl3.CH2Cl2/c7-4-2-1-3-5(8)6(4)9;2-1-3/h1-3H;1H2. The Bertz CT molecular complexity index is 215. The van der Waals surface area contributed by atoms with Gasteiger partial charge >= 0.3 is 0 Å². The lowest BCUT2D eigenvalue weighted by Gasteiger charge is -1.94. The molecule has 0 unspecified atom stereocenters. The van der Waals surface area contributed by atoms with Gasteiger partial charge in [0.05, 0.1) is 20.4 Å². The molecule has 1 rings (SSSR count). The fraction of sp³-hybridized carbons (Fsp3) is 0.143. The van der Waals surface area contributed by atoms with E-state index < -0.39 is 0 Å². The molecule has 0 aliphatic rings. The van der Waals surface area contributed by atoms with E-state index in [2.05, 4.69) is 0 Å². The Balaban J connectivity index is 0.000000354. The van der Waals surface area contributed by atoms with Crippen LogP contribution in [0.15, 0.2) is 18.2 Å². The van der Waals surface area contributed by atoms with E-state index in [1.807, 2.05) is 0 Å². The van der Waals surface area contributed by atoms with Gasteiger partial charge in [-0.3, -0.25) is 0 Å². The van der Waals surface area contributed by atoms with E-state index in [1.165, 1.54) is 0 Å². The number of rotatable bonds is 0. The monoisotopic (exact) mass is 264 g/mol. The Morgan fingerprint density at radius 2 is 1.25 bits per heavy atom. The van der Waals surface area contributed by atoms with Crippen molar-refractivity contribution in [1.82, 2.24) is 0 Å². The average molecular weight is 266 g/mol. The van der Waals surface area contributed by atoms with Crippen LogP contribution in [0.2, 0.25) is 15.1 Å². The summed E-state index contributed by atoms with van der Waals surface area (Å²) in [7, 11) is 0. The SMILES string of the molecule is ClCCl.Clc1cccc(Cl)c1Cl. The third-order valence-electron chi connectivity index (χ3n) is 0.904. The van der Waals surface area contributed by atoms with Crippen LogP contribution in [-0.4, -0.2) is 5.34 Å². The Hall–Kier alpha value is 0.670. The molecule has 1 aromatic carbocycles. The Labute approximate surface area is 96.3 Å². The summed E-state index contributed by atoms with van der Waals surface area (Å²) in [4.78, 5) is 0. The smallest absolute Gasteiger partial charge is 0.0967 e. The number of hydrogen-bond acceptors (Lipinski definition) is 0. The molecule has 0 fully saturated rings. The van der Waals surface area contributed by atoms with E-state index in [0.717, 1.165) is 0 Å². The summed E-state index contributed by atoms with van der Waals surface area (Å²) in [5.74, 6) is 0. The molecule has 0 spiro atoms. The van der Waals surface area contributed by atoms with E-state index in [4.69, 9.17) is 58.0 Å². The van der Waals surface area contributed by atoms with Crippen molar-refractivity contribution in [2.45, 2.75) is 0 Å². The zero-order valence-electron chi connectivity index (χ0n) is 5.83. The van der Waals surface area contributed by atoms with Crippen LogP contribution in [0.5, 0.6) is 0 Å². The molecule has 0 bridgehead atoms. The molecule has 0 aliphatic carbocycles. The third kappa shape index (κ3) is 4.64. The highest BCUT2D eigenvalue weighted by atomic mass is 35.5. The quantitative estimate of drug-likeness (QED) is 0.454. The third-order valence-corrected chi connectivity index (χ3v) is 2.14. The second kappa shape index (κ2) is 7.11. The fourth-order valence-corrected chi connectivity index (χ4v) is 1.00. The Morgan fingerprint density at radius 3 is 1.50 bits per heavy atom. The largest absolute Gasteiger partial charge is 0.109 e. The molecular weight excluding hydrogens is 261 g/mol. The minimum Gasteiger partial charge on any atom is -0.109 e. The molecule has 0 saturated heterocycles. The van der Waals surface area contributed by atoms with Gasteiger partial charge in [0.1, 0.15) is 0 Å². The summed E-state index contributed by atoms with van der Waals surface area (Å²) in [6, 6.07) is 5.13. The second-order valence-electron chi connectivity index (χ2n) is 1.64. The van der Waals surface area contributed by atoms with Crippen molar-refractivity contribution in [3.8, 4) is 0 Å². The van der Waals surface area contributed by atoms with Gasteiger partial charge in [0.2, 0.25) is 0 Å². The van der Waals surface area contributed by atoms with E-state index in [0.29, 0.717) is 15.1 Å². The summed E-state index contributed by atoms with van der Waals surface area (Å²) in [5, 5.41) is 1.59. The molecule has 0 aromatic heterocycles. The summed E-state index contributed by atoms with van der Waals surface area (Å²) >= 11 is 26.3. The van der Waals surface area contributed by atoms with Gasteiger partial charge in [0.15, 0.2) is 0 Å². The lowest BCUT2D eigenvalue weighted by Crippen LogP contribution is -1.67. The highest BCUT2D eigenvalue weighted by Gasteiger charge is 1.98. The molecule has 0 nitrogen and oxygen atoms in total. The molecule has 0 saturated carbocycles. The molecule has 0 amide bonds. The van der Waals surface area contributed by atoms with E-state index >= 15 is 0 Å². The van der Waals surface area contributed by atoms with Gasteiger partial charge in [-0.2, -0.15) is 0 Å². The van der Waals surface area contributed by atoms with Crippen LogP contribution in [0.3, 0.4) is 0 Å². The number of benzene rings is 1. The van der Waals surface area contributed by atoms with Gasteiger partial charge in [-0.05, 0) is 12.1 Å². The average Bonchev–Trinajstić information content (AvgIpc) is 2.02. The highest BCUT2D eigenvalue weighted by molar-refractivity contribution is 6.47. The molecule has 0 radical (unpaired) electrons. The lowest BCUT2D eigenvalue weighted by molar-refractivity contribution is 1.70. The van der Waals surface area contributed by atoms with Crippen molar-refractivity contribution in [1.29, 1.82) is 0 Å². The maximum absolute atomic E-state index is 5.61. The van der Waals surface area contributed by atoms with Gasteiger partial charge in [-0.25, -0.2) is 0 Å². The number of alkyl halides is 2. The molecule has 0 heterocycles. The van der Waals surface area contributed by atoms with Crippen LogP contribution in [0.1, 0.15) is 0 Å². The minimum atomic E-state index is 0.194. The first-order valence-corrected chi connectivity index (χ1v) is 5.05. The summed E-state index contributed by atoms with van der Waals surface area (Å²) in [6.07, 6.45) is 0. The van der Waals surface area contributed by atoms with Crippen LogP contribution in [0.25, 0.3) is 0 Å². The molecule has 5 heteroatoms. The van der Waals surface area contributed by atoms with E-state index in [-0.39, 0.29) is 5.34 Å². The van der Waals surface area contributed by atoms with Gasteiger partial charge in [-0.15, -0.1) is 23.2 Å². The first-order valence-electron chi connectivity index (χ1n) is 2.85. The molecule has 0 atom stereocenters. The topological polar surface area (TPSA) is 0 Å². The lowest BCUT2D eigenvalue weighted by atomic mass is 10.4. The Morgan fingerprint density at radius 1 is 0.917 bits per heavy atom. The zero-order valence-corrected chi connectivity index (χ0v) is 9.61. The molecule has 68 valence electrons. The molecule has 12 heavy (non-hydrogen) atoms. The van der Waals surface area contributed by atoms with Crippen molar-refractivity contribution in [2.24, 2.45) is 0 Å². The van der Waals surface area contributed by atoms with Gasteiger partial charge in [-0.1, -0.05) is 40.9 Å². The van der Waals surface area contributed by atoms with Gasteiger partial charge < -0.3 is 0 Å². The molecule has 0 N–H and O–H groups in total. The maximum atomic E-state index is 5.61. The molecular formula is C7H5Cl5. The van der Waals surface area contributed by atoms with Crippen LogP contribution in [0.4, 0.5) is 0 Å². The maximum Gasteiger partial charge on any atom is 0.0967 e. The Kier molecular flexibility index (Phi) is 7.51. The van der Waals surface area contributed by atoms with Crippen molar-refractivity contribution in [3.63, 3.8) is 0 Å².